The van der Waals surface area contributed by atoms with Gasteiger partial charge in [0.2, 0.25) is 0 Å². The van der Waals surface area contributed by atoms with E-state index in [1.807, 2.05) is 0 Å². The summed E-state index contributed by atoms with van der Waals surface area (Å²) in [5.41, 5.74) is 1.75. The van der Waals surface area contributed by atoms with E-state index in [1.165, 1.54) is 151 Å². The van der Waals surface area contributed by atoms with E-state index < -0.39 is 20.2 Å². The molecule has 0 saturated carbocycles. The number of benzene rings is 4. The summed E-state index contributed by atoms with van der Waals surface area (Å²) in [6.07, 6.45) is 23.6. The molecule has 0 atom stereocenters. The van der Waals surface area contributed by atoms with Crippen LogP contribution < -0.4 is 14.6 Å². The zero-order chi connectivity index (χ0) is 42.2. The Kier molecular flexibility index (Phi) is 25.4. The number of hydrogen-bond acceptors (Lipinski definition) is 9. The zero-order valence-corrected chi connectivity index (χ0v) is 38.8. The molecule has 0 saturated heterocycles. The minimum absolute atomic E-state index is 0. The van der Waals surface area contributed by atoms with Gasteiger partial charge in [-0.2, -0.15) is 8.42 Å². The summed E-state index contributed by atoms with van der Waals surface area (Å²) in [6, 6.07) is 20.7. The van der Waals surface area contributed by atoms with Crippen LogP contribution in [0.4, 0.5) is 0 Å². The van der Waals surface area contributed by atoms with Crippen LogP contribution in [0.25, 0.3) is 0 Å². The predicted molar refractivity (Wildman–Crippen MR) is 232 cm³/mol. The van der Waals surface area contributed by atoms with Crippen LogP contribution in [0, 0.1) is 0 Å². The van der Waals surface area contributed by atoms with Gasteiger partial charge in [-0.15, -0.1) is 5.75 Å². The molecule has 0 amide bonds. The third kappa shape index (κ3) is 21.5. The van der Waals surface area contributed by atoms with Gasteiger partial charge in [-0.1, -0.05) is 141 Å². The number of unbranched alkanes of at least 4 members (excludes halogenated alkanes) is 16. The molecule has 4 rings (SSSR count). The van der Waals surface area contributed by atoms with E-state index in [2.05, 4.69) is 13.8 Å². The van der Waals surface area contributed by atoms with Crippen LogP contribution in [-0.2, 0) is 33.1 Å². The molecule has 10 nitrogen and oxygen atoms in total. The van der Waals surface area contributed by atoms with Crippen LogP contribution in [0.15, 0.2) is 94.7 Å². The van der Waals surface area contributed by atoms with E-state index in [9.17, 15) is 36.2 Å². The molecule has 59 heavy (non-hydrogen) atoms. The van der Waals surface area contributed by atoms with Gasteiger partial charge in [-0.3, -0.25) is 4.55 Å². The van der Waals surface area contributed by atoms with Crippen molar-refractivity contribution in [2.45, 2.75) is 152 Å². The second kappa shape index (κ2) is 28.6. The summed E-state index contributed by atoms with van der Waals surface area (Å²) in [5.74, 6) is 1.66. The minimum Gasteiger partial charge on any atom is -0.872 e. The maximum Gasteiger partial charge on any atom is 2.00 e. The van der Waals surface area contributed by atoms with Crippen molar-refractivity contribution in [2.75, 3.05) is 0 Å². The topological polar surface area (TPSA) is 173 Å². The summed E-state index contributed by atoms with van der Waals surface area (Å²) in [4.78, 5) is -0.508. The molecule has 320 valence electrons. The molecule has 0 fully saturated rings. The zero-order valence-electron chi connectivity index (χ0n) is 34.9. The second-order valence-electron chi connectivity index (χ2n) is 14.8. The Morgan fingerprint density at radius 1 is 0.508 bits per heavy atom. The first-order chi connectivity index (χ1) is 27.8. The number of hydrogen-bond donors (Lipinski definition) is 2. The summed E-state index contributed by atoms with van der Waals surface area (Å²) in [5, 5.41) is 20.7. The Balaban J connectivity index is 0.000000400. The quantitative estimate of drug-likeness (QED) is 0.0351. The van der Waals surface area contributed by atoms with E-state index in [-0.39, 0.29) is 59.0 Å². The van der Waals surface area contributed by atoms with E-state index in [4.69, 9.17) is 9.47 Å². The fourth-order valence-corrected chi connectivity index (χ4v) is 7.50. The molecule has 13 heteroatoms. The van der Waals surface area contributed by atoms with Crippen molar-refractivity contribution in [3.63, 3.8) is 0 Å². The average Bonchev–Trinajstić information content (AvgIpc) is 3.18. The molecule has 2 N–H and O–H groups in total. The Morgan fingerprint density at radius 2 is 0.864 bits per heavy atom. The molecule has 4 aromatic carbocycles. The van der Waals surface area contributed by atoms with Crippen molar-refractivity contribution in [3.8, 4) is 34.5 Å². The van der Waals surface area contributed by atoms with Crippen molar-refractivity contribution < 1.29 is 45.6 Å². The molecule has 0 heterocycles. The van der Waals surface area contributed by atoms with Gasteiger partial charge in [0.15, 0.2) is 0 Å². The van der Waals surface area contributed by atoms with E-state index in [0.717, 1.165) is 49.7 Å². The van der Waals surface area contributed by atoms with Crippen LogP contribution >= 0.6 is 0 Å². The largest absolute Gasteiger partial charge is 2.00 e. The van der Waals surface area contributed by atoms with E-state index >= 15 is 0 Å². The first kappa shape index (κ1) is 52.3. The third-order valence-electron chi connectivity index (χ3n) is 9.88. The van der Waals surface area contributed by atoms with Gasteiger partial charge < -0.3 is 24.2 Å². The summed E-state index contributed by atoms with van der Waals surface area (Å²) in [6.45, 7) is 4.44. The van der Waals surface area contributed by atoms with E-state index in [1.54, 1.807) is 24.3 Å². The average molecular weight is 879 g/mol. The SMILES string of the molecule is CCCCCCCCCCCc1ccc(S(=O)(=O)O)cc1Oc1ccc(O)cc1.CCCCCCCCCCCc1ccc(S(=O)(=O)[O-])cc1Oc1ccc([O-])cc1.[Ca+2]. The molecular weight excluding hydrogens is 817 g/mol. The number of aryl methyl sites for hydroxylation is 2. The maximum atomic E-state index is 11.5. The Hall–Kier alpha value is -2.84. The third-order valence-corrected chi connectivity index (χ3v) is 11.6. The van der Waals surface area contributed by atoms with Crippen LogP contribution in [0.3, 0.4) is 0 Å². The minimum atomic E-state index is -4.56. The number of phenolic OH excluding ortho intramolecular Hbond substituents is 1. The molecule has 0 aromatic heterocycles. The summed E-state index contributed by atoms with van der Waals surface area (Å²) in [7, 11) is -8.87. The molecule has 0 spiro atoms. The van der Waals surface area contributed by atoms with Gasteiger partial charge in [-0.05, 0) is 91.4 Å². The van der Waals surface area contributed by atoms with Crippen molar-refractivity contribution in [1.29, 1.82) is 0 Å². The van der Waals surface area contributed by atoms with Crippen molar-refractivity contribution >= 4 is 58.0 Å². The van der Waals surface area contributed by atoms with Crippen molar-refractivity contribution in [3.05, 3.63) is 96.1 Å². The van der Waals surface area contributed by atoms with Crippen LogP contribution in [0.5, 0.6) is 34.5 Å². The van der Waals surface area contributed by atoms with E-state index in [0.29, 0.717) is 23.0 Å². The first-order valence-corrected chi connectivity index (χ1v) is 23.8. The predicted octanol–water partition coefficient (Wildman–Crippen LogP) is 11.7. The Morgan fingerprint density at radius 3 is 1.25 bits per heavy atom. The molecular formula is C46H62CaO10S2. The molecule has 0 aliphatic heterocycles. The molecule has 0 radical (unpaired) electrons. The Labute approximate surface area is 383 Å². The van der Waals surface area contributed by atoms with Crippen molar-refractivity contribution in [2.24, 2.45) is 0 Å². The molecule has 4 aromatic rings. The van der Waals surface area contributed by atoms with Crippen molar-refractivity contribution in [1.82, 2.24) is 0 Å². The maximum absolute atomic E-state index is 11.5. The van der Waals surface area contributed by atoms with Crippen LogP contribution in [0.2, 0.25) is 0 Å². The molecule has 0 bridgehead atoms. The standard InChI is InChI=1S/2C23H32O5S.Ca/c2*1-2-3-4-5-6-7-8-9-10-11-19-12-17-22(29(25,26)27)18-23(19)28-21-15-13-20(24)14-16-21;/h2*12-18,24H,2-11H2,1H3,(H,25,26,27);/q;;+2/p-2. The Bertz CT molecular complexity index is 1840. The normalized spacial score (nSPS) is 11.3. The summed E-state index contributed by atoms with van der Waals surface area (Å²) >= 11 is 0. The fraction of sp³-hybridized carbons (Fsp3) is 0.478. The van der Waals surface area contributed by atoms with Gasteiger partial charge in [0.1, 0.15) is 38.9 Å². The summed E-state index contributed by atoms with van der Waals surface area (Å²) < 4.78 is 78.1. The smallest absolute Gasteiger partial charge is 0.872 e. The van der Waals surface area contributed by atoms with Gasteiger partial charge >= 0.3 is 37.7 Å². The van der Waals surface area contributed by atoms with Gasteiger partial charge in [-0.25, -0.2) is 8.42 Å². The molecule has 0 aliphatic rings. The van der Waals surface area contributed by atoms with Gasteiger partial charge in [0, 0.05) is 6.07 Å². The van der Waals surface area contributed by atoms with Gasteiger partial charge in [0.25, 0.3) is 10.1 Å². The molecule has 0 aliphatic carbocycles. The first-order valence-electron chi connectivity index (χ1n) is 20.9. The molecule has 0 unspecified atom stereocenters. The number of aromatic hydroxyl groups is 1. The van der Waals surface area contributed by atoms with Gasteiger partial charge in [0.05, 0.1) is 9.79 Å². The number of rotatable bonds is 26. The second-order valence-corrected chi connectivity index (χ2v) is 17.6. The van der Waals surface area contributed by atoms with Crippen LogP contribution in [0.1, 0.15) is 141 Å². The van der Waals surface area contributed by atoms with Crippen LogP contribution in [-0.4, -0.2) is 68.8 Å². The fourth-order valence-electron chi connectivity index (χ4n) is 6.52. The number of phenols is 1. The monoisotopic (exact) mass is 878 g/mol. The number of ether oxygens (including phenoxy) is 2.